The Hall–Kier alpha value is -1.87. The number of hydrogen-bond acceptors (Lipinski definition) is 1. The number of hydrogen-bond donors (Lipinski definition) is 1. The van der Waals surface area contributed by atoms with E-state index in [9.17, 15) is 4.79 Å². The van der Waals surface area contributed by atoms with E-state index in [1.165, 1.54) is 0 Å². The Morgan fingerprint density at radius 1 is 1.10 bits per heavy atom. The van der Waals surface area contributed by atoms with E-state index in [2.05, 4.69) is 20.9 Å². The highest BCUT2D eigenvalue weighted by molar-refractivity contribution is 9.10. The molecule has 0 atom stereocenters. The first kappa shape index (κ1) is 13.1. The summed E-state index contributed by atoms with van der Waals surface area (Å²) in [5, 5.41) is 0.978. The summed E-state index contributed by atoms with van der Waals surface area (Å²) < 4.78 is 0.959. The maximum absolute atomic E-state index is 12.8. The summed E-state index contributed by atoms with van der Waals surface area (Å²) in [6.45, 7) is 3.95. The summed E-state index contributed by atoms with van der Waals surface area (Å²) in [5.74, 6) is 0.0562. The number of nitrogens with one attached hydrogen (secondary N) is 1. The predicted molar refractivity (Wildman–Crippen MR) is 85.3 cm³/mol. The second-order valence-corrected chi connectivity index (χ2v) is 5.82. The van der Waals surface area contributed by atoms with Gasteiger partial charge in [0.2, 0.25) is 0 Å². The summed E-state index contributed by atoms with van der Waals surface area (Å²) in [7, 11) is 0. The first-order chi connectivity index (χ1) is 9.58. The molecule has 3 rings (SSSR count). The Bertz CT molecular complexity index is 817. The minimum atomic E-state index is 0.0562. The lowest BCUT2D eigenvalue weighted by Crippen LogP contribution is -2.02. The van der Waals surface area contributed by atoms with E-state index in [1.54, 1.807) is 0 Å². The fraction of sp³-hybridized carbons (Fsp3) is 0.118. The molecule has 2 aromatic carbocycles. The van der Waals surface area contributed by atoms with Crippen LogP contribution in [0, 0.1) is 13.8 Å². The van der Waals surface area contributed by atoms with Crippen LogP contribution in [0.25, 0.3) is 10.9 Å². The number of para-hydroxylation sites is 1. The highest BCUT2D eigenvalue weighted by Gasteiger charge is 2.17. The van der Waals surface area contributed by atoms with Gasteiger partial charge >= 0.3 is 0 Å². The van der Waals surface area contributed by atoms with Gasteiger partial charge in [-0.2, -0.15) is 0 Å². The van der Waals surface area contributed by atoms with Crippen LogP contribution < -0.4 is 0 Å². The van der Waals surface area contributed by atoms with Crippen molar-refractivity contribution in [2.75, 3.05) is 0 Å². The Kier molecular flexibility index (Phi) is 3.22. The molecule has 1 heterocycles. The molecule has 0 saturated heterocycles. The van der Waals surface area contributed by atoms with E-state index in [1.807, 2.05) is 56.3 Å². The Morgan fingerprint density at radius 3 is 2.60 bits per heavy atom. The molecule has 0 saturated carbocycles. The van der Waals surface area contributed by atoms with Crippen molar-refractivity contribution < 1.29 is 4.79 Å². The van der Waals surface area contributed by atoms with Gasteiger partial charge in [0.1, 0.15) is 0 Å². The number of rotatable bonds is 2. The number of fused-ring (bicyclic) bond motifs is 1. The molecule has 2 nitrogen and oxygen atoms in total. The summed E-state index contributed by atoms with van der Waals surface area (Å²) in [6, 6.07) is 13.6. The number of aryl methyl sites for hydroxylation is 2. The van der Waals surface area contributed by atoms with Gasteiger partial charge in [-0.15, -0.1) is 0 Å². The lowest BCUT2D eigenvalue weighted by Gasteiger charge is -2.04. The van der Waals surface area contributed by atoms with Crippen molar-refractivity contribution in [2.45, 2.75) is 13.8 Å². The zero-order valence-corrected chi connectivity index (χ0v) is 12.9. The Balaban J connectivity index is 2.17. The van der Waals surface area contributed by atoms with Crippen LogP contribution in [0.1, 0.15) is 27.2 Å². The number of aromatic amines is 1. The van der Waals surface area contributed by atoms with Gasteiger partial charge in [0.05, 0.1) is 5.56 Å². The van der Waals surface area contributed by atoms with Crippen LogP contribution in [-0.4, -0.2) is 10.8 Å². The number of aromatic nitrogens is 1. The molecular formula is C17H14BrNO. The number of carbonyl (C=O) groups is 1. The van der Waals surface area contributed by atoms with E-state index < -0.39 is 0 Å². The molecule has 0 fully saturated rings. The van der Waals surface area contributed by atoms with E-state index >= 15 is 0 Å². The van der Waals surface area contributed by atoms with Gasteiger partial charge < -0.3 is 4.98 Å². The number of carbonyl (C=O) groups excluding carboxylic acids is 1. The second kappa shape index (κ2) is 4.91. The maximum atomic E-state index is 12.8. The minimum Gasteiger partial charge on any atom is -0.358 e. The quantitative estimate of drug-likeness (QED) is 0.675. The van der Waals surface area contributed by atoms with E-state index in [0.717, 1.165) is 32.2 Å². The molecule has 0 bridgehead atoms. The van der Waals surface area contributed by atoms with Crippen molar-refractivity contribution in [1.82, 2.24) is 4.98 Å². The van der Waals surface area contributed by atoms with Gasteiger partial charge in [0.25, 0.3) is 0 Å². The van der Waals surface area contributed by atoms with Crippen molar-refractivity contribution in [3.8, 4) is 0 Å². The molecule has 1 aromatic heterocycles. The van der Waals surface area contributed by atoms with Gasteiger partial charge in [0.15, 0.2) is 5.78 Å². The molecular weight excluding hydrogens is 314 g/mol. The van der Waals surface area contributed by atoms with Gasteiger partial charge in [-0.05, 0) is 31.5 Å². The number of benzene rings is 2. The first-order valence-corrected chi connectivity index (χ1v) is 7.25. The Labute approximate surface area is 126 Å². The lowest BCUT2D eigenvalue weighted by molar-refractivity contribution is 0.103. The van der Waals surface area contributed by atoms with Crippen LogP contribution in [-0.2, 0) is 0 Å². The Morgan fingerprint density at radius 2 is 1.85 bits per heavy atom. The van der Waals surface area contributed by atoms with Crippen molar-refractivity contribution in [2.24, 2.45) is 0 Å². The second-order valence-electron chi connectivity index (χ2n) is 4.96. The van der Waals surface area contributed by atoms with Crippen LogP contribution in [0.5, 0.6) is 0 Å². The predicted octanol–water partition coefficient (Wildman–Crippen LogP) is 4.78. The molecule has 3 aromatic rings. The van der Waals surface area contributed by atoms with Gasteiger partial charge in [-0.25, -0.2) is 0 Å². The first-order valence-electron chi connectivity index (χ1n) is 6.46. The van der Waals surface area contributed by atoms with Crippen molar-refractivity contribution in [3.05, 3.63) is 69.3 Å². The summed E-state index contributed by atoms with van der Waals surface area (Å²) in [4.78, 5) is 16.0. The number of ketones is 1. The third-order valence-electron chi connectivity index (χ3n) is 3.55. The zero-order chi connectivity index (χ0) is 14.3. The highest BCUT2D eigenvalue weighted by atomic mass is 79.9. The third kappa shape index (κ3) is 2.08. The van der Waals surface area contributed by atoms with E-state index in [0.29, 0.717) is 5.56 Å². The molecule has 0 amide bonds. The zero-order valence-electron chi connectivity index (χ0n) is 11.3. The minimum absolute atomic E-state index is 0.0562. The fourth-order valence-corrected chi connectivity index (χ4v) is 2.83. The standard InChI is InChI=1S/C17H14BrNO/c1-10-7-8-12(9-14(10)18)17(20)16-11(2)19-15-6-4-3-5-13(15)16/h3-9,19H,1-2H3. The third-order valence-corrected chi connectivity index (χ3v) is 4.41. The van der Waals surface area contributed by atoms with Crippen LogP contribution in [0.2, 0.25) is 0 Å². The van der Waals surface area contributed by atoms with Crippen molar-refractivity contribution in [3.63, 3.8) is 0 Å². The van der Waals surface area contributed by atoms with E-state index in [4.69, 9.17) is 0 Å². The average Bonchev–Trinajstić information content (AvgIpc) is 2.77. The SMILES string of the molecule is Cc1ccc(C(=O)c2c(C)[nH]c3ccccc23)cc1Br. The molecule has 3 heteroatoms. The largest absolute Gasteiger partial charge is 0.358 e. The monoisotopic (exact) mass is 327 g/mol. The van der Waals surface area contributed by atoms with Crippen LogP contribution in [0.3, 0.4) is 0 Å². The summed E-state index contributed by atoms with van der Waals surface area (Å²) in [6.07, 6.45) is 0. The molecule has 0 radical (unpaired) electrons. The molecule has 0 aliphatic carbocycles. The normalized spacial score (nSPS) is 10.9. The maximum Gasteiger partial charge on any atom is 0.195 e. The molecule has 0 aliphatic rings. The summed E-state index contributed by atoms with van der Waals surface area (Å²) >= 11 is 3.49. The fourth-order valence-electron chi connectivity index (χ4n) is 2.45. The molecule has 20 heavy (non-hydrogen) atoms. The van der Waals surface area contributed by atoms with Crippen LogP contribution in [0.4, 0.5) is 0 Å². The molecule has 0 unspecified atom stereocenters. The molecule has 100 valence electrons. The number of halogens is 1. The lowest BCUT2D eigenvalue weighted by atomic mass is 10.00. The van der Waals surface area contributed by atoms with Crippen LogP contribution >= 0.6 is 15.9 Å². The van der Waals surface area contributed by atoms with Gasteiger partial charge in [0, 0.05) is 26.6 Å². The van der Waals surface area contributed by atoms with Gasteiger partial charge in [-0.3, -0.25) is 4.79 Å². The van der Waals surface area contributed by atoms with Crippen LogP contribution in [0.15, 0.2) is 46.9 Å². The van der Waals surface area contributed by atoms with E-state index in [-0.39, 0.29) is 5.78 Å². The molecule has 1 N–H and O–H groups in total. The van der Waals surface area contributed by atoms with Crippen molar-refractivity contribution in [1.29, 1.82) is 0 Å². The topological polar surface area (TPSA) is 32.9 Å². The van der Waals surface area contributed by atoms with Crippen molar-refractivity contribution >= 4 is 32.6 Å². The molecule has 0 spiro atoms. The summed E-state index contributed by atoms with van der Waals surface area (Å²) in [5.41, 5.74) is 4.50. The highest BCUT2D eigenvalue weighted by Crippen LogP contribution is 2.26. The average molecular weight is 328 g/mol. The molecule has 0 aliphatic heterocycles. The van der Waals surface area contributed by atoms with Gasteiger partial charge in [-0.1, -0.05) is 46.3 Å². The smallest absolute Gasteiger partial charge is 0.195 e. The number of H-pyrrole nitrogens is 1.